The SMILES string of the molecule is CC1(C)CCCC(C)(C=O)C1. The van der Waals surface area contributed by atoms with Crippen LogP contribution in [0.5, 0.6) is 0 Å². The van der Waals surface area contributed by atoms with Crippen LogP contribution >= 0.6 is 0 Å². The fourth-order valence-corrected chi connectivity index (χ4v) is 2.34. The Bertz CT molecular complexity index is 160. The number of hydrogen-bond acceptors (Lipinski definition) is 1. The van der Waals surface area contributed by atoms with Gasteiger partial charge in [0.2, 0.25) is 0 Å². The first-order valence-corrected chi connectivity index (χ1v) is 4.44. The Morgan fingerprint density at radius 3 is 2.18 bits per heavy atom. The maximum absolute atomic E-state index is 10.8. The standard InChI is InChI=1S/C10H18O/c1-9(2)5-4-6-10(3,7-9)8-11/h8H,4-7H2,1-3H3. The molecule has 1 nitrogen and oxygen atoms in total. The van der Waals surface area contributed by atoms with Crippen molar-refractivity contribution in [2.24, 2.45) is 10.8 Å². The molecule has 1 atom stereocenters. The van der Waals surface area contributed by atoms with Crippen molar-refractivity contribution < 1.29 is 4.79 Å². The number of carbonyl (C=O) groups excluding carboxylic acids is 1. The van der Waals surface area contributed by atoms with E-state index in [-0.39, 0.29) is 5.41 Å². The largest absolute Gasteiger partial charge is 0.303 e. The molecule has 1 aliphatic rings. The first-order chi connectivity index (χ1) is 4.97. The first-order valence-electron chi connectivity index (χ1n) is 4.44. The third-order valence-corrected chi connectivity index (χ3v) is 2.77. The van der Waals surface area contributed by atoms with Crippen LogP contribution in [0.4, 0.5) is 0 Å². The molecule has 1 heteroatoms. The van der Waals surface area contributed by atoms with Gasteiger partial charge in [-0.15, -0.1) is 0 Å². The number of hydrogen-bond donors (Lipinski definition) is 0. The molecule has 1 fully saturated rings. The van der Waals surface area contributed by atoms with Gasteiger partial charge in [0.1, 0.15) is 6.29 Å². The van der Waals surface area contributed by atoms with Crippen molar-refractivity contribution >= 4 is 6.29 Å². The smallest absolute Gasteiger partial charge is 0.125 e. The van der Waals surface area contributed by atoms with Crippen molar-refractivity contribution in [1.82, 2.24) is 0 Å². The molecular formula is C10H18O. The zero-order valence-corrected chi connectivity index (χ0v) is 7.81. The van der Waals surface area contributed by atoms with E-state index in [1.165, 1.54) is 12.8 Å². The summed E-state index contributed by atoms with van der Waals surface area (Å²) in [4.78, 5) is 10.8. The molecule has 1 aliphatic carbocycles. The van der Waals surface area contributed by atoms with Crippen molar-refractivity contribution in [3.05, 3.63) is 0 Å². The van der Waals surface area contributed by atoms with E-state index in [1.807, 2.05) is 0 Å². The summed E-state index contributed by atoms with van der Waals surface area (Å²) in [6, 6.07) is 0. The summed E-state index contributed by atoms with van der Waals surface area (Å²) < 4.78 is 0. The second-order valence-corrected chi connectivity index (χ2v) is 4.97. The molecule has 0 aromatic rings. The Morgan fingerprint density at radius 2 is 1.82 bits per heavy atom. The normalized spacial score (nSPS) is 36.6. The van der Waals surface area contributed by atoms with Crippen LogP contribution in [-0.4, -0.2) is 6.29 Å². The van der Waals surface area contributed by atoms with Crippen LogP contribution in [0, 0.1) is 10.8 Å². The summed E-state index contributed by atoms with van der Waals surface area (Å²) in [6.07, 6.45) is 5.77. The summed E-state index contributed by atoms with van der Waals surface area (Å²) in [6.45, 7) is 6.60. The Morgan fingerprint density at radius 1 is 1.18 bits per heavy atom. The van der Waals surface area contributed by atoms with Gasteiger partial charge in [-0.1, -0.05) is 27.2 Å². The lowest BCUT2D eigenvalue weighted by molar-refractivity contribution is -0.118. The van der Waals surface area contributed by atoms with Crippen LogP contribution in [0.1, 0.15) is 46.5 Å². The van der Waals surface area contributed by atoms with Gasteiger partial charge in [-0.25, -0.2) is 0 Å². The lowest BCUT2D eigenvalue weighted by Crippen LogP contribution is -2.31. The highest BCUT2D eigenvalue weighted by molar-refractivity contribution is 5.58. The molecule has 0 spiro atoms. The van der Waals surface area contributed by atoms with Gasteiger partial charge >= 0.3 is 0 Å². The molecule has 0 N–H and O–H groups in total. The summed E-state index contributed by atoms with van der Waals surface area (Å²) in [7, 11) is 0. The predicted octanol–water partition coefficient (Wildman–Crippen LogP) is 2.79. The van der Waals surface area contributed by atoms with E-state index in [9.17, 15) is 4.79 Å². The molecular weight excluding hydrogens is 136 g/mol. The van der Waals surface area contributed by atoms with Gasteiger partial charge in [-0.2, -0.15) is 0 Å². The fraction of sp³-hybridized carbons (Fsp3) is 0.900. The maximum Gasteiger partial charge on any atom is 0.125 e. The van der Waals surface area contributed by atoms with E-state index >= 15 is 0 Å². The highest BCUT2D eigenvalue weighted by atomic mass is 16.1. The Labute approximate surface area is 69.2 Å². The lowest BCUT2D eigenvalue weighted by atomic mass is 9.65. The van der Waals surface area contributed by atoms with E-state index in [2.05, 4.69) is 20.8 Å². The first kappa shape index (κ1) is 8.76. The second-order valence-electron chi connectivity index (χ2n) is 4.97. The zero-order chi connectivity index (χ0) is 8.54. The molecule has 0 aromatic carbocycles. The van der Waals surface area contributed by atoms with Gasteiger partial charge in [0.15, 0.2) is 0 Å². The molecule has 1 saturated carbocycles. The minimum Gasteiger partial charge on any atom is -0.303 e. The molecule has 0 amide bonds. The second kappa shape index (κ2) is 2.62. The summed E-state index contributed by atoms with van der Waals surface area (Å²) >= 11 is 0. The number of carbonyl (C=O) groups is 1. The molecule has 11 heavy (non-hydrogen) atoms. The van der Waals surface area contributed by atoms with Crippen molar-refractivity contribution in [2.45, 2.75) is 46.5 Å². The average Bonchev–Trinajstić information content (AvgIpc) is 1.85. The molecule has 0 aromatic heterocycles. The minimum atomic E-state index is -0.0260. The Hall–Kier alpha value is -0.330. The molecule has 1 rings (SSSR count). The highest BCUT2D eigenvalue weighted by Crippen LogP contribution is 2.44. The summed E-state index contributed by atoms with van der Waals surface area (Å²) in [5, 5.41) is 0. The molecule has 64 valence electrons. The average molecular weight is 154 g/mol. The molecule has 0 aliphatic heterocycles. The third-order valence-electron chi connectivity index (χ3n) is 2.77. The van der Waals surface area contributed by atoms with E-state index in [0.29, 0.717) is 5.41 Å². The number of rotatable bonds is 1. The fourth-order valence-electron chi connectivity index (χ4n) is 2.34. The van der Waals surface area contributed by atoms with Gasteiger partial charge in [0.25, 0.3) is 0 Å². The van der Waals surface area contributed by atoms with E-state index < -0.39 is 0 Å². The van der Waals surface area contributed by atoms with E-state index in [4.69, 9.17) is 0 Å². The Kier molecular flexibility index (Phi) is 2.08. The van der Waals surface area contributed by atoms with Gasteiger partial charge in [-0.05, 0) is 24.7 Å². The van der Waals surface area contributed by atoms with Crippen LogP contribution in [0.3, 0.4) is 0 Å². The topological polar surface area (TPSA) is 17.1 Å². The van der Waals surface area contributed by atoms with Crippen molar-refractivity contribution in [3.63, 3.8) is 0 Å². The van der Waals surface area contributed by atoms with Crippen LogP contribution in [0.2, 0.25) is 0 Å². The quantitative estimate of drug-likeness (QED) is 0.531. The Balaban J connectivity index is 2.66. The van der Waals surface area contributed by atoms with E-state index in [1.54, 1.807) is 0 Å². The molecule has 1 unspecified atom stereocenters. The molecule has 0 radical (unpaired) electrons. The molecule has 0 heterocycles. The summed E-state index contributed by atoms with van der Waals surface area (Å²) in [5.41, 5.74) is 0.357. The van der Waals surface area contributed by atoms with Crippen LogP contribution in [0.15, 0.2) is 0 Å². The minimum absolute atomic E-state index is 0.0260. The van der Waals surface area contributed by atoms with Gasteiger partial charge in [-0.3, -0.25) is 0 Å². The van der Waals surface area contributed by atoms with Crippen LogP contribution in [-0.2, 0) is 4.79 Å². The van der Waals surface area contributed by atoms with Crippen molar-refractivity contribution in [1.29, 1.82) is 0 Å². The van der Waals surface area contributed by atoms with Gasteiger partial charge in [0, 0.05) is 5.41 Å². The lowest BCUT2D eigenvalue weighted by Gasteiger charge is -2.39. The molecule has 0 saturated heterocycles. The van der Waals surface area contributed by atoms with Gasteiger partial charge < -0.3 is 4.79 Å². The highest BCUT2D eigenvalue weighted by Gasteiger charge is 2.35. The van der Waals surface area contributed by atoms with Crippen LogP contribution in [0.25, 0.3) is 0 Å². The van der Waals surface area contributed by atoms with Crippen LogP contribution < -0.4 is 0 Å². The predicted molar refractivity (Wildman–Crippen MR) is 46.4 cm³/mol. The third kappa shape index (κ3) is 2.05. The maximum atomic E-state index is 10.8. The monoisotopic (exact) mass is 154 g/mol. The summed E-state index contributed by atoms with van der Waals surface area (Å²) in [5.74, 6) is 0. The van der Waals surface area contributed by atoms with Gasteiger partial charge in [0.05, 0.1) is 0 Å². The van der Waals surface area contributed by atoms with E-state index in [0.717, 1.165) is 19.1 Å². The van der Waals surface area contributed by atoms with Crippen molar-refractivity contribution in [2.75, 3.05) is 0 Å². The number of aldehydes is 1. The van der Waals surface area contributed by atoms with Crippen molar-refractivity contribution in [3.8, 4) is 0 Å². The zero-order valence-electron chi connectivity index (χ0n) is 7.81. The molecule has 0 bridgehead atoms.